The SMILES string of the molecule is CCOC(=O)c1ccc2c(c1)NC(=O)C2C(=Nc1ccc(CN(C)CCN)cc1)c1ccccc1. The zero-order valence-electron chi connectivity index (χ0n) is 20.0. The van der Waals surface area contributed by atoms with Gasteiger partial charge in [0.15, 0.2) is 0 Å². The first-order valence-corrected chi connectivity index (χ1v) is 11.7. The van der Waals surface area contributed by atoms with Crippen LogP contribution < -0.4 is 11.1 Å². The molecule has 0 fully saturated rings. The molecule has 1 aliphatic rings. The number of nitrogens with zero attached hydrogens (tertiary/aromatic N) is 2. The summed E-state index contributed by atoms with van der Waals surface area (Å²) in [6.07, 6.45) is 0. The summed E-state index contributed by atoms with van der Waals surface area (Å²) in [7, 11) is 2.04. The summed E-state index contributed by atoms with van der Waals surface area (Å²) in [5.74, 6) is -1.19. The van der Waals surface area contributed by atoms with Crippen LogP contribution in [0, 0.1) is 0 Å². The molecule has 1 unspecified atom stereocenters. The lowest BCUT2D eigenvalue weighted by atomic mass is 9.90. The van der Waals surface area contributed by atoms with Gasteiger partial charge < -0.3 is 20.7 Å². The second-order valence-corrected chi connectivity index (χ2v) is 8.50. The summed E-state index contributed by atoms with van der Waals surface area (Å²) < 4.78 is 5.10. The second kappa shape index (κ2) is 11.1. The van der Waals surface area contributed by atoms with Gasteiger partial charge in [-0.05, 0) is 54.9 Å². The number of anilines is 1. The maximum atomic E-state index is 13.2. The fourth-order valence-corrected chi connectivity index (χ4v) is 4.21. The van der Waals surface area contributed by atoms with E-state index < -0.39 is 11.9 Å². The monoisotopic (exact) mass is 470 g/mol. The van der Waals surface area contributed by atoms with Crippen molar-refractivity contribution in [3.8, 4) is 0 Å². The molecule has 4 rings (SSSR count). The molecule has 1 amide bonds. The third kappa shape index (κ3) is 5.65. The molecule has 0 saturated heterocycles. The van der Waals surface area contributed by atoms with Gasteiger partial charge in [-0.25, -0.2) is 4.79 Å². The highest BCUT2D eigenvalue weighted by Crippen LogP contribution is 2.37. The van der Waals surface area contributed by atoms with E-state index in [9.17, 15) is 9.59 Å². The van der Waals surface area contributed by atoms with Gasteiger partial charge in [0.2, 0.25) is 5.91 Å². The molecule has 0 bridgehead atoms. The molecule has 0 spiro atoms. The number of fused-ring (bicyclic) bond motifs is 1. The number of hydrogen-bond acceptors (Lipinski definition) is 6. The second-order valence-electron chi connectivity index (χ2n) is 8.50. The van der Waals surface area contributed by atoms with Crippen LogP contribution in [0.25, 0.3) is 0 Å². The standard InChI is InChI=1S/C28H30N4O3/c1-3-35-28(34)21-11-14-23-24(17-21)31-27(33)25(23)26(20-7-5-4-6-8-20)30-22-12-9-19(10-13-22)18-32(2)16-15-29/h4-14,17,25H,3,15-16,18,29H2,1-2H3,(H,31,33). The van der Waals surface area contributed by atoms with Crippen molar-refractivity contribution in [3.05, 3.63) is 95.1 Å². The van der Waals surface area contributed by atoms with Crippen LogP contribution in [0.3, 0.4) is 0 Å². The number of amides is 1. The molecular weight excluding hydrogens is 440 g/mol. The van der Waals surface area contributed by atoms with Crippen molar-refractivity contribution in [2.75, 3.05) is 32.1 Å². The predicted octanol–water partition coefficient (Wildman–Crippen LogP) is 4.11. The van der Waals surface area contributed by atoms with Gasteiger partial charge in [0.1, 0.15) is 5.92 Å². The van der Waals surface area contributed by atoms with Crippen molar-refractivity contribution >= 4 is 29.0 Å². The lowest BCUT2D eigenvalue weighted by Crippen LogP contribution is -2.24. The van der Waals surface area contributed by atoms with Gasteiger partial charge in [-0.2, -0.15) is 0 Å². The highest BCUT2D eigenvalue weighted by atomic mass is 16.5. The Morgan fingerprint density at radius 2 is 1.80 bits per heavy atom. The number of aliphatic imine (C=N–C) groups is 1. The van der Waals surface area contributed by atoms with Gasteiger partial charge in [-0.1, -0.05) is 48.5 Å². The van der Waals surface area contributed by atoms with E-state index in [4.69, 9.17) is 15.5 Å². The molecule has 0 radical (unpaired) electrons. The van der Waals surface area contributed by atoms with E-state index in [0.29, 0.717) is 23.5 Å². The fraction of sp³-hybridized carbons (Fsp3) is 0.250. The minimum absolute atomic E-state index is 0.177. The number of hydrogen-bond donors (Lipinski definition) is 2. The number of carbonyl (C=O) groups is 2. The topological polar surface area (TPSA) is 97.0 Å². The number of ether oxygens (including phenoxy) is 1. The summed E-state index contributed by atoms with van der Waals surface area (Å²) in [5.41, 5.74) is 10.9. The van der Waals surface area contributed by atoms with E-state index in [2.05, 4.69) is 10.2 Å². The number of benzene rings is 3. The van der Waals surface area contributed by atoms with E-state index in [-0.39, 0.29) is 12.5 Å². The van der Waals surface area contributed by atoms with Crippen LogP contribution in [0.5, 0.6) is 0 Å². The Hall–Kier alpha value is -3.81. The number of likely N-dealkylation sites (N-methyl/N-ethyl adjacent to an activating group) is 1. The third-order valence-electron chi connectivity index (χ3n) is 5.89. The first kappa shape index (κ1) is 24.3. The number of carbonyl (C=O) groups excluding carboxylic acids is 2. The minimum atomic E-state index is -0.598. The van der Waals surface area contributed by atoms with Crippen molar-refractivity contribution in [2.45, 2.75) is 19.4 Å². The summed E-state index contributed by atoms with van der Waals surface area (Å²) >= 11 is 0. The van der Waals surface area contributed by atoms with E-state index >= 15 is 0 Å². The van der Waals surface area contributed by atoms with Gasteiger partial charge >= 0.3 is 5.97 Å². The van der Waals surface area contributed by atoms with Crippen molar-refractivity contribution in [2.24, 2.45) is 10.7 Å². The number of nitrogens with two attached hydrogens (primary N) is 1. The summed E-state index contributed by atoms with van der Waals surface area (Å²) in [4.78, 5) is 32.4. The molecule has 180 valence electrons. The Morgan fingerprint density at radius 1 is 1.06 bits per heavy atom. The highest BCUT2D eigenvalue weighted by molar-refractivity contribution is 6.24. The number of esters is 1. The fourth-order valence-electron chi connectivity index (χ4n) is 4.21. The van der Waals surface area contributed by atoms with Crippen molar-refractivity contribution in [1.82, 2.24) is 4.90 Å². The van der Waals surface area contributed by atoms with Crippen LogP contribution in [0.2, 0.25) is 0 Å². The van der Waals surface area contributed by atoms with Crippen LogP contribution in [0.1, 0.15) is 39.9 Å². The van der Waals surface area contributed by atoms with E-state index in [1.165, 1.54) is 0 Å². The Morgan fingerprint density at radius 3 is 2.49 bits per heavy atom. The molecule has 35 heavy (non-hydrogen) atoms. The predicted molar refractivity (Wildman–Crippen MR) is 138 cm³/mol. The van der Waals surface area contributed by atoms with Crippen LogP contribution in [0.15, 0.2) is 77.8 Å². The van der Waals surface area contributed by atoms with Gasteiger partial charge in [-0.3, -0.25) is 9.79 Å². The molecule has 0 saturated carbocycles. The van der Waals surface area contributed by atoms with E-state index in [1.807, 2.05) is 61.6 Å². The molecule has 1 heterocycles. The van der Waals surface area contributed by atoms with Crippen molar-refractivity contribution in [1.29, 1.82) is 0 Å². The largest absolute Gasteiger partial charge is 0.462 e. The summed E-state index contributed by atoms with van der Waals surface area (Å²) in [6.45, 7) is 4.29. The zero-order chi connectivity index (χ0) is 24.8. The molecule has 0 aliphatic carbocycles. The van der Waals surface area contributed by atoms with Crippen LogP contribution in [-0.4, -0.2) is 49.2 Å². The minimum Gasteiger partial charge on any atom is -0.462 e. The van der Waals surface area contributed by atoms with Crippen LogP contribution in [-0.2, 0) is 16.1 Å². The zero-order valence-corrected chi connectivity index (χ0v) is 20.0. The third-order valence-corrected chi connectivity index (χ3v) is 5.89. The molecule has 3 N–H and O–H groups in total. The molecule has 3 aromatic carbocycles. The first-order chi connectivity index (χ1) is 17.0. The van der Waals surface area contributed by atoms with E-state index in [1.54, 1.807) is 25.1 Å². The smallest absolute Gasteiger partial charge is 0.338 e. The Balaban J connectivity index is 1.69. The Labute approximate surface area is 205 Å². The first-order valence-electron chi connectivity index (χ1n) is 11.7. The number of nitrogens with one attached hydrogen (secondary N) is 1. The quantitative estimate of drug-likeness (QED) is 0.362. The molecule has 3 aromatic rings. The van der Waals surface area contributed by atoms with Gasteiger partial charge in [-0.15, -0.1) is 0 Å². The normalized spacial score (nSPS) is 15.1. The number of rotatable bonds is 9. The Bertz CT molecular complexity index is 1220. The van der Waals surface area contributed by atoms with Crippen molar-refractivity contribution < 1.29 is 14.3 Å². The van der Waals surface area contributed by atoms with Crippen LogP contribution in [0.4, 0.5) is 11.4 Å². The molecular formula is C28H30N4O3. The lowest BCUT2D eigenvalue weighted by molar-refractivity contribution is -0.115. The molecule has 1 atom stereocenters. The Kier molecular flexibility index (Phi) is 7.70. The highest BCUT2D eigenvalue weighted by Gasteiger charge is 2.36. The molecule has 7 heteroatoms. The maximum Gasteiger partial charge on any atom is 0.338 e. The van der Waals surface area contributed by atoms with Gasteiger partial charge in [0.05, 0.1) is 23.6 Å². The summed E-state index contributed by atoms with van der Waals surface area (Å²) in [5, 5.41) is 2.92. The summed E-state index contributed by atoms with van der Waals surface area (Å²) in [6, 6.07) is 22.9. The molecule has 1 aliphatic heterocycles. The molecule has 0 aromatic heterocycles. The van der Waals surface area contributed by atoms with Crippen molar-refractivity contribution in [3.63, 3.8) is 0 Å². The van der Waals surface area contributed by atoms with Gasteiger partial charge in [0.25, 0.3) is 0 Å². The molecule has 7 nitrogen and oxygen atoms in total. The lowest BCUT2D eigenvalue weighted by Gasteiger charge is -2.16. The maximum absolute atomic E-state index is 13.2. The van der Waals surface area contributed by atoms with Gasteiger partial charge in [0, 0.05) is 25.3 Å². The van der Waals surface area contributed by atoms with E-state index in [0.717, 1.165) is 35.5 Å². The average molecular weight is 471 g/mol. The average Bonchev–Trinajstić information content (AvgIpc) is 3.19. The van der Waals surface area contributed by atoms with Crippen LogP contribution >= 0.6 is 0 Å².